The Morgan fingerprint density at radius 1 is 1.29 bits per heavy atom. The molecule has 84 valence electrons. The Kier molecular flexibility index (Phi) is 7.74. The van der Waals surface area contributed by atoms with E-state index in [0.29, 0.717) is 6.61 Å². The normalized spacial score (nSPS) is 11.4. The third-order valence-electron chi connectivity index (χ3n) is 1.77. The van der Waals surface area contributed by atoms with Gasteiger partial charge in [-0.15, -0.1) is 0 Å². The molecular weight excluding hydrogens is 264 g/mol. The summed E-state index contributed by atoms with van der Waals surface area (Å²) >= 11 is 7.38. The lowest BCUT2D eigenvalue weighted by Gasteiger charge is -2.14. The van der Waals surface area contributed by atoms with E-state index in [1.165, 1.54) is 6.42 Å². The second kappa shape index (κ2) is 7.57. The van der Waals surface area contributed by atoms with Gasteiger partial charge >= 0.3 is 5.97 Å². The van der Waals surface area contributed by atoms with Crippen LogP contribution in [0.4, 0.5) is 0 Å². The van der Waals surface area contributed by atoms with Gasteiger partial charge in [0.1, 0.15) is 4.32 Å². The van der Waals surface area contributed by atoms with Crippen molar-refractivity contribution >= 4 is 34.5 Å². The highest BCUT2D eigenvalue weighted by molar-refractivity contribution is 9.10. The van der Waals surface area contributed by atoms with Gasteiger partial charge < -0.3 is 4.74 Å². The van der Waals surface area contributed by atoms with Crippen LogP contribution in [0.3, 0.4) is 0 Å². The first kappa shape index (κ1) is 14.3. The molecule has 0 N–H and O–H groups in total. The topological polar surface area (TPSA) is 26.3 Å². The monoisotopic (exact) mass is 282 g/mol. The van der Waals surface area contributed by atoms with E-state index < -0.39 is 4.32 Å². The summed E-state index contributed by atoms with van der Waals surface area (Å²) in [4.78, 5) is 11.3. The number of alkyl halides is 1. The lowest BCUT2D eigenvalue weighted by molar-refractivity contribution is -0.145. The van der Waals surface area contributed by atoms with Gasteiger partial charge in [-0.2, -0.15) is 12.6 Å². The highest BCUT2D eigenvalue weighted by atomic mass is 79.9. The fraction of sp³-hybridized carbons (Fsp3) is 0.900. The van der Waals surface area contributed by atoms with E-state index in [-0.39, 0.29) is 5.97 Å². The number of thiol groups is 1. The number of hydrogen-bond donors (Lipinski definition) is 1. The molecule has 2 nitrogen and oxygen atoms in total. The summed E-state index contributed by atoms with van der Waals surface area (Å²) < 4.78 is 4.52. The van der Waals surface area contributed by atoms with Crippen LogP contribution < -0.4 is 0 Å². The maximum absolute atomic E-state index is 11.3. The van der Waals surface area contributed by atoms with E-state index in [4.69, 9.17) is 4.74 Å². The van der Waals surface area contributed by atoms with E-state index in [0.717, 1.165) is 25.0 Å². The first-order chi connectivity index (χ1) is 6.48. The minimum absolute atomic E-state index is 0.188. The van der Waals surface area contributed by atoms with Crippen LogP contribution in [0.2, 0.25) is 0 Å². The highest BCUT2D eigenvalue weighted by Crippen LogP contribution is 2.17. The Balaban J connectivity index is 3.33. The average Bonchev–Trinajstić information content (AvgIpc) is 2.09. The van der Waals surface area contributed by atoms with E-state index in [9.17, 15) is 4.79 Å². The van der Waals surface area contributed by atoms with Crippen molar-refractivity contribution < 1.29 is 9.53 Å². The summed E-state index contributed by atoms with van der Waals surface area (Å²) in [5.41, 5.74) is 0. The number of ether oxygens (including phenoxy) is 1. The predicted octanol–water partition coefficient (Wildman–Crippen LogP) is 3.19. The molecule has 0 amide bonds. The summed E-state index contributed by atoms with van der Waals surface area (Å²) in [5.74, 6) is 0.750. The highest BCUT2D eigenvalue weighted by Gasteiger charge is 2.24. The summed E-state index contributed by atoms with van der Waals surface area (Å²) in [6, 6.07) is 0. The Bertz CT molecular complexity index is 166. The summed E-state index contributed by atoms with van der Waals surface area (Å²) in [7, 11) is 0. The zero-order valence-electron chi connectivity index (χ0n) is 8.88. The Morgan fingerprint density at radius 2 is 1.86 bits per heavy atom. The van der Waals surface area contributed by atoms with E-state index in [1.807, 2.05) is 0 Å². The van der Waals surface area contributed by atoms with Gasteiger partial charge in [0, 0.05) is 0 Å². The number of unbranched alkanes of at least 4 members (excludes halogenated alkanes) is 3. The quantitative estimate of drug-likeness (QED) is 0.336. The zero-order valence-corrected chi connectivity index (χ0v) is 11.4. The number of esters is 1. The predicted molar refractivity (Wildman–Crippen MR) is 66.3 cm³/mol. The molecule has 0 bridgehead atoms. The van der Waals surface area contributed by atoms with Crippen molar-refractivity contribution in [3.63, 3.8) is 0 Å². The molecule has 0 heterocycles. The molecule has 0 spiro atoms. The summed E-state index contributed by atoms with van der Waals surface area (Å²) in [6.07, 6.45) is 4.36. The molecule has 4 heteroatoms. The molecule has 0 saturated carbocycles. The maximum Gasteiger partial charge on any atom is 0.322 e. The van der Waals surface area contributed by atoms with Crippen molar-refractivity contribution in [2.24, 2.45) is 0 Å². The fourth-order valence-electron chi connectivity index (χ4n) is 0.904. The Hall–Kier alpha value is 0.300. The smallest absolute Gasteiger partial charge is 0.322 e. The van der Waals surface area contributed by atoms with Crippen molar-refractivity contribution in [2.45, 2.75) is 43.9 Å². The van der Waals surface area contributed by atoms with Crippen molar-refractivity contribution in [3.8, 4) is 0 Å². The fourth-order valence-corrected chi connectivity index (χ4v) is 1.24. The Morgan fingerprint density at radius 3 is 2.36 bits per heavy atom. The molecule has 0 aliphatic rings. The van der Waals surface area contributed by atoms with E-state index >= 15 is 0 Å². The van der Waals surface area contributed by atoms with Crippen LogP contribution in [0, 0.1) is 0 Å². The summed E-state index contributed by atoms with van der Waals surface area (Å²) in [5, 5.41) is 0. The van der Waals surface area contributed by atoms with Gasteiger partial charge in [0.05, 0.1) is 6.61 Å². The van der Waals surface area contributed by atoms with Crippen molar-refractivity contribution in [1.82, 2.24) is 0 Å². The third-order valence-corrected chi connectivity index (χ3v) is 2.41. The number of carbonyl (C=O) groups excluding carboxylic acids is 1. The van der Waals surface area contributed by atoms with Gasteiger partial charge in [-0.1, -0.05) is 28.8 Å². The molecule has 0 aromatic carbocycles. The van der Waals surface area contributed by atoms with Crippen molar-refractivity contribution in [3.05, 3.63) is 0 Å². The number of hydrogen-bond acceptors (Lipinski definition) is 3. The first-order valence-electron chi connectivity index (χ1n) is 4.95. The van der Waals surface area contributed by atoms with E-state index in [1.54, 1.807) is 13.8 Å². The van der Waals surface area contributed by atoms with Crippen LogP contribution in [0.5, 0.6) is 0 Å². The zero-order chi connectivity index (χ0) is 11.0. The lowest BCUT2D eigenvalue weighted by atomic mass is 10.2. The molecule has 0 fully saturated rings. The largest absolute Gasteiger partial charge is 0.465 e. The van der Waals surface area contributed by atoms with Crippen molar-refractivity contribution in [2.75, 3.05) is 12.4 Å². The molecular formula is C10H19BrO2S. The van der Waals surface area contributed by atoms with E-state index in [2.05, 4.69) is 28.6 Å². The maximum atomic E-state index is 11.3. The van der Waals surface area contributed by atoms with Crippen LogP contribution in [0.1, 0.15) is 39.5 Å². The van der Waals surface area contributed by atoms with Crippen LogP contribution >= 0.6 is 28.6 Å². The second-order valence-electron chi connectivity index (χ2n) is 3.75. The van der Waals surface area contributed by atoms with Crippen LogP contribution in [0.15, 0.2) is 0 Å². The second-order valence-corrected chi connectivity index (χ2v) is 6.18. The van der Waals surface area contributed by atoms with Gasteiger partial charge in [0.25, 0.3) is 0 Å². The molecule has 0 radical (unpaired) electrons. The molecule has 0 unspecified atom stereocenters. The number of rotatable bonds is 7. The Labute approximate surface area is 100 Å². The molecule has 0 saturated heterocycles. The molecule has 0 aromatic heterocycles. The molecule has 0 atom stereocenters. The SMILES string of the molecule is CC(C)(Br)C(=O)OCCCCCCS. The van der Waals surface area contributed by atoms with Gasteiger partial charge in [0.15, 0.2) is 0 Å². The van der Waals surface area contributed by atoms with Crippen LogP contribution in [-0.2, 0) is 9.53 Å². The minimum Gasteiger partial charge on any atom is -0.465 e. The third kappa shape index (κ3) is 7.68. The van der Waals surface area contributed by atoms with Crippen LogP contribution in [0.25, 0.3) is 0 Å². The van der Waals surface area contributed by atoms with Crippen LogP contribution in [-0.4, -0.2) is 22.7 Å². The molecule has 0 aromatic rings. The molecule has 14 heavy (non-hydrogen) atoms. The van der Waals surface area contributed by atoms with Gasteiger partial charge in [0.2, 0.25) is 0 Å². The van der Waals surface area contributed by atoms with Gasteiger partial charge in [-0.25, -0.2) is 0 Å². The van der Waals surface area contributed by atoms with Crippen molar-refractivity contribution in [1.29, 1.82) is 0 Å². The van der Waals surface area contributed by atoms with Gasteiger partial charge in [-0.05, 0) is 32.4 Å². The number of halogens is 1. The number of carbonyl (C=O) groups is 1. The summed E-state index contributed by atoms with van der Waals surface area (Å²) in [6.45, 7) is 4.10. The minimum atomic E-state index is -0.557. The molecule has 0 aliphatic heterocycles. The average molecular weight is 283 g/mol. The molecule has 0 rings (SSSR count). The molecule has 0 aliphatic carbocycles. The van der Waals surface area contributed by atoms with Gasteiger partial charge in [-0.3, -0.25) is 4.79 Å². The lowest BCUT2D eigenvalue weighted by Crippen LogP contribution is -2.26. The standard InChI is InChI=1S/C10H19BrO2S/c1-10(2,11)9(12)13-7-5-3-4-6-8-14/h14H,3-8H2,1-2H3. The first-order valence-corrected chi connectivity index (χ1v) is 6.38.